The van der Waals surface area contributed by atoms with E-state index in [1.807, 2.05) is 81.4 Å². The normalized spacial score (nSPS) is 21.5. The SMILES string of the molecule is CC(C)(C)N=C1[C@@H](c2ccccc2Cl)C(C#N)(C#N)[C@@H]2c3ccccc3-c3ccccc3N12. The van der Waals surface area contributed by atoms with Gasteiger partial charge in [0.2, 0.25) is 0 Å². The number of halogens is 1. The van der Waals surface area contributed by atoms with Gasteiger partial charge in [-0.1, -0.05) is 72.3 Å². The van der Waals surface area contributed by atoms with Crippen LogP contribution in [-0.2, 0) is 0 Å². The molecule has 5 heteroatoms. The molecule has 33 heavy (non-hydrogen) atoms. The third kappa shape index (κ3) is 3.06. The lowest BCUT2D eigenvalue weighted by Crippen LogP contribution is -2.36. The second-order valence-electron chi connectivity index (χ2n) is 9.56. The molecular formula is C28H23ClN4. The minimum atomic E-state index is -1.42. The molecular weight excluding hydrogens is 428 g/mol. The van der Waals surface area contributed by atoms with E-state index < -0.39 is 22.9 Å². The predicted octanol–water partition coefficient (Wildman–Crippen LogP) is 6.90. The van der Waals surface area contributed by atoms with Gasteiger partial charge in [-0.3, -0.25) is 4.99 Å². The molecule has 2 aliphatic rings. The van der Waals surface area contributed by atoms with Crippen LogP contribution in [0.5, 0.6) is 0 Å². The molecule has 0 amide bonds. The molecule has 3 aromatic rings. The summed E-state index contributed by atoms with van der Waals surface area (Å²) in [5.41, 5.74) is 2.92. The number of fused-ring (bicyclic) bond motifs is 6. The molecule has 3 aromatic carbocycles. The number of amidine groups is 1. The molecule has 5 rings (SSSR count). The van der Waals surface area contributed by atoms with Gasteiger partial charge in [-0.2, -0.15) is 10.5 Å². The van der Waals surface area contributed by atoms with E-state index in [0.717, 1.165) is 27.9 Å². The predicted molar refractivity (Wildman–Crippen MR) is 132 cm³/mol. The van der Waals surface area contributed by atoms with Crippen molar-refractivity contribution < 1.29 is 0 Å². The Labute approximate surface area is 199 Å². The molecule has 0 N–H and O–H groups in total. The Morgan fingerprint density at radius 1 is 0.848 bits per heavy atom. The summed E-state index contributed by atoms with van der Waals surface area (Å²) in [5, 5.41) is 21.9. The van der Waals surface area contributed by atoms with Crippen LogP contribution in [-0.4, -0.2) is 11.4 Å². The fraction of sp³-hybridized carbons (Fsp3) is 0.250. The number of anilines is 1. The quantitative estimate of drug-likeness (QED) is 0.405. The van der Waals surface area contributed by atoms with Crippen molar-refractivity contribution in [2.24, 2.45) is 10.4 Å². The zero-order valence-corrected chi connectivity index (χ0v) is 19.5. The number of rotatable bonds is 1. The first-order valence-corrected chi connectivity index (χ1v) is 11.3. The highest BCUT2D eigenvalue weighted by molar-refractivity contribution is 6.32. The maximum Gasteiger partial charge on any atom is 0.182 e. The van der Waals surface area contributed by atoms with E-state index in [1.54, 1.807) is 0 Å². The Morgan fingerprint density at radius 2 is 1.42 bits per heavy atom. The van der Waals surface area contributed by atoms with Gasteiger partial charge < -0.3 is 4.90 Å². The lowest BCUT2D eigenvalue weighted by atomic mass is 9.68. The fourth-order valence-corrected chi connectivity index (χ4v) is 5.45. The molecule has 0 aromatic heterocycles. The van der Waals surface area contributed by atoms with Gasteiger partial charge in [0, 0.05) is 10.6 Å². The van der Waals surface area contributed by atoms with E-state index in [4.69, 9.17) is 16.6 Å². The molecule has 162 valence electrons. The van der Waals surface area contributed by atoms with Crippen LogP contribution in [0.4, 0.5) is 5.69 Å². The largest absolute Gasteiger partial charge is 0.319 e. The Morgan fingerprint density at radius 3 is 2.06 bits per heavy atom. The second kappa shape index (κ2) is 7.48. The highest BCUT2D eigenvalue weighted by Crippen LogP contribution is 2.62. The summed E-state index contributed by atoms with van der Waals surface area (Å²) in [7, 11) is 0. The minimum Gasteiger partial charge on any atom is -0.319 e. The first-order chi connectivity index (χ1) is 15.8. The fourth-order valence-electron chi connectivity index (χ4n) is 5.21. The molecule has 1 saturated heterocycles. The molecule has 0 unspecified atom stereocenters. The first-order valence-electron chi connectivity index (χ1n) is 11.0. The van der Waals surface area contributed by atoms with Gasteiger partial charge in [-0.25, -0.2) is 0 Å². The zero-order valence-electron chi connectivity index (χ0n) is 18.7. The summed E-state index contributed by atoms with van der Waals surface area (Å²) in [6.45, 7) is 6.09. The molecule has 0 saturated carbocycles. The highest BCUT2D eigenvalue weighted by atomic mass is 35.5. The monoisotopic (exact) mass is 450 g/mol. The smallest absolute Gasteiger partial charge is 0.182 e. The molecule has 2 heterocycles. The van der Waals surface area contributed by atoms with Crippen molar-refractivity contribution in [2.45, 2.75) is 38.3 Å². The standard InChI is InChI=1S/C28H23ClN4/c1-27(2,3)32-26-24(21-13-6-8-14-22(21)29)28(16-30,17-31)25-20-12-5-4-10-18(20)19-11-7-9-15-23(19)33(25)26/h4-15,24-25H,1-3H3/t24-,25+/m1/s1. The van der Waals surface area contributed by atoms with Gasteiger partial charge in [0.05, 0.1) is 35.3 Å². The van der Waals surface area contributed by atoms with E-state index >= 15 is 0 Å². The van der Waals surface area contributed by atoms with Crippen LogP contribution in [0.1, 0.15) is 43.9 Å². The van der Waals surface area contributed by atoms with Crippen molar-refractivity contribution in [3.05, 3.63) is 88.9 Å². The van der Waals surface area contributed by atoms with Gasteiger partial charge in [0.1, 0.15) is 5.84 Å². The van der Waals surface area contributed by atoms with Gasteiger partial charge >= 0.3 is 0 Å². The number of hydrogen-bond donors (Lipinski definition) is 0. The summed E-state index contributed by atoms with van der Waals surface area (Å²) in [6.07, 6.45) is 0. The third-order valence-electron chi connectivity index (χ3n) is 6.40. The molecule has 0 spiro atoms. The maximum atomic E-state index is 10.7. The van der Waals surface area contributed by atoms with E-state index in [0.29, 0.717) is 10.9 Å². The summed E-state index contributed by atoms with van der Waals surface area (Å²) in [4.78, 5) is 7.25. The van der Waals surface area contributed by atoms with E-state index in [2.05, 4.69) is 29.2 Å². The zero-order chi connectivity index (χ0) is 23.4. The maximum absolute atomic E-state index is 10.7. The molecule has 2 atom stereocenters. The lowest BCUT2D eigenvalue weighted by Gasteiger charge is -2.38. The molecule has 0 aliphatic carbocycles. The van der Waals surface area contributed by atoms with E-state index in [9.17, 15) is 10.5 Å². The number of benzene rings is 3. The van der Waals surface area contributed by atoms with Crippen molar-refractivity contribution in [3.8, 4) is 23.3 Å². The summed E-state index contributed by atoms with van der Waals surface area (Å²) in [5.74, 6) is 0.0929. The van der Waals surface area contributed by atoms with Crippen molar-refractivity contribution in [2.75, 3.05) is 4.90 Å². The van der Waals surface area contributed by atoms with Crippen molar-refractivity contribution in [1.82, 2.24) is 0 Å². The second-order valence-corrected chi connectivity index (χ2v) is 9.97. The van der Waals surface area contributed by atoms with E-state index in [-0.39, 0.29) is 0 Å². The number of para-hydroxylation sites is 1. The lowest BCUT2D eigenvalue weighted by molar-refractivity contribution is 0.437. The molecule has 0 radical (unpaired) electrons. The van der Waals surface area contributed by atoms with Crippen LogP contribution in [0.25, 0.3) is 11.1 Å². The molecule has 1 fully saturated rings. The Hall–Kier alpha value is -3.60. The van der Waals surface area contributed by atoms with Crippen LogP contribution < -0.4 is 4.90 Å². The molecule has 4 nitrogen and oxygen atoms in total. The third-order valence-corrected chi connectivity index (χ3v) is 6.74. The number of nitriles is 2. The van der Waals surface area contributed by atoms with Gasteiger partial charge in [-0.15, -0.1) is 0 Å². The van der Waals surface area contributed by atoms with Crippen molar-refractivity contribution in [1.29, 1.82) is 10.5 Å². The topological polar surface area (TPSA) is 63.2 Å². The number of aliphatic imine (C=N–C) groups is 1. The van der Waals surface area contributed by atoms with Gasteiger partial charge in [0.15, 0.2) is 5.41 Å². The Kier molecular flexibility index (Phi) is 4.82. The average Bonchev–Trinajstić information content (AvgIpc) is 3.09. The van der Waals surface area contributed by atoms with Gasteiger partial charge in [-0.05, 0) is 49.6 Å². The van der Waals surface area contributed by atoms with Crippen LogP contribution in [0.15, 0.2) is 77.8 Å². The van der Waals surface area contributed by atoms with Crippen LogP contribution in [0.3, 0.4) is 0 Å². The minimum absolute atomic E-state index is 0.424. The summed E-state index contributed by atoms with van der Waals surface area (Å²) in [6, 6.07) is 28.0. The van der Waals surface area contributed by atoms with Crippen LogP contribution >= 0.6 is 11.6 Å². The average molecular weight is 451 g/mol. The van der Waals surface area contributed by atoms with Crippen molar-refractivity contribution in [3.63, 3.8) is 0 Å². The van der Waals surface area contributed by atoms with Crippen LogP contribution in [0, 0.1) is 28.1 Å². The highest BCUT2D eigenvalue weighted by Gasteiger charge is 2.63. The number of nitrogens with zero attached hydrogens (tertiary/aromatic N) is 4. The van der Waals surface area contributed by atoms with E-state index in [1.165, 1.54) is 0 Å². The Balaban J connectivity index is 1.93. The Bertz CT molecular complexity index is 1360. The van der Waals surface area contributed by atoms with Crippen LogP contribution in [0.2, 0.25) is 5.02 Å². The van der Waals surface area contributed by atoms with Gasteiger partial charge in [0.25, 0.3) is 0 Å². The first kappa shape index (κ1) is 21.3. The molecule has 0 bridgehead atoms. The number of hydrogen-bond acceptors (Lipinski definition) is 3. The summed E-state index contributed by atoms with van der Waals surface area (Å²) >= 11 is 6.69. The summed E-state index contributed by atoms with van der Waals surface area (Å²) < 4.78 is 0. The molecule has 2 aliphatic heterocycles. The van der Waals surface area contributed by atoms with Crippen molar-refractivity contribution >= 4 is 23.1 Å².